The van der Waals surface area contributed by atoms with Crippen LogP contribution in [0.4, 0.5) is 0 Å². The van der Waals surface area contributed by atoms with Crippen LogP contribution < -0.4 is 0 Å². The average Bonchev–Trinajstić information content (AvgIpc) is 1.61. The van der Waals surface area contributed by atoms with Gasteiger partial charge in [-0.1, -0.05) is 31.9 Å². The van der Waals surface area contributed by atoms with Gasteiger partial charge in [-0.3, -0.25) is 0 Å². The molecule has 1 unspecified atom stereocenters. The Bertz CT molecular complexity index is 85.4. The van der Waals surface area contributed by atoms with Crippen molar-refractivity contribution in [1.29, 1.82) is 0 Å². The van der Waals surface area contributed by atoms with Crippen LogP contribution in [0.15, 0.2) is 0 Å². The highest BCUT2D eigenvalue weighted by Gasteiger charge is 2.11. The molecular formula is C3H6Br2O2P+. The van der Waals surface area contributed by atoms with Gasteiger partial charge in [0.15, 0.2) is 6.16 Å². The van der Waals surface area contributed by atoms with Gasteiger partial charge in [-0.15, -0.1) is 0 Å². The summed E-state index contributed by atoms with van der Waals surface area (Å²) in [6, 6.07) is 0. The Hall–Kier alpha value is 1.02. The van der Waals surface area contributed by atoms with Crippen LogP contribution in [0.3, 0.4) is 0 Å². The van der Waals surface area contributed by atoms with E-state index in [1.807, 2.05) is 0 Å². The summed E-state index contributed by atoms with van der Waals surface area (Å²) in [5, 5.41) is 0. The number of alkyl halides is 2. The smallest absolute Gasteiger partial charge is 0.161 e. The first-order valence-corrected chi connectivity index (χ1v) is 5.27. The predicted molar refractivity (Wildman–Crippen MR) is 41.0 cm³/mol. The van der Waals surface area contributed by atoms with Crippen molar-refractivity contribution in [2.24, 2.45) is 0 Å². The first-order chi connectivity index (χ1) is 3.63. The Kier molecular flexibility index (Phi) is 5.48. The molecule has 0 amide bonds. The van der Waals surface area contributed by atoms with Crippen molar-refractivity contribution >= 4 is 39.9 Å². The van der Waals surface area contributed by atoms with Crippen molar-refractivity contribution in [3.63, 3.8) is 0 Å². The summed E-state index contributed by atoms with van der Waals surface area (Å²) in [4.78, 5) is 8.27. The predicted octanol–water partition coefficient (Wildman–Crippen LogP) is 2.23. The second kappa shape index (κ2) is 4.86. The van der Waals surface area contributed by atoms with Crippen LogP contribution in [0.5, 0.6) is 0 Å². The molecular weight excluding hydrogens is 259 g/mol. The maximum atomic E-state index is 10.0. The number of hydrogen-bond acceptors (Lipinski definition) is 1. The van der Waals surface area contributed by atoms with Crippen molar-refractivity contribution in [3.05, 3.63) is 0 Å². The topological polar surface area (TPSA) is 37.3 Å². The second-order valence-electron chi connectivity index (χ2n) is 1.26. The first-order valence-electron chi connectivity index (χ1n) is 2.04. The third-order valence-corrected chi connectivity index (χ3v) is 2.10. The minimum absolute atomic E-state index is 0.168. The lowest BCUT2D eigenvalue weighted by Gasteiger charge is -1.88. The molecule has 0 heterocycles. The molecule has 0 aliphatic rings. The summed E-state index contributed by atoms with van der Waals surface area (Å²) >= 11 is 6.36. The molecule has 1 N–H and O–H groups in total. The van der Waals surface area contributed by atoms with Crippen LogP contribution in [0, 0.1) is 0 Å². The van der Waals surface area contributed by atoms with E-state index < -0.39 is 8.03 Å². The Balaban J connectivity index is 3.05. The van der Waals surface area contributed by atoms with Crippen molar-refractivity contribution in [2.45, 2.75) is 10.2 Å². The van der Waals surface area contributed by atoms with Gasteiger partial charge in [0.2, 0.25) is 0 Å². The SMILES string of the molecule is O=[P+](O)CCC(Br)Br. The van der Waals surface area contributed by atoms with Gasteiger partial charge in [0.25, 0.3) is 0 Å². The van der Waals surface area contributed by atoms with Crippen LogP contribution in [0.2, 0.25) is 0 Å². The van der Waals surface area contributed by atoms with Gasteiger partial charge in [0.05, 0.1) is 3.74 Å². The van der Waals surface area contributed by atoms with Gasteiger partial charge in [0.1, 0.15) is 0 Å². The van der Waals surface area contributed by atoms with E-state index in [2.05, 4.69) is 31.9 Å². The standard InChI is InChI=1S/C3H5Br2O2P/c4-3(5)1-2-8(6)7/h3H,1-2H2/p+1. The highest BCUT2D eigenvalue weighted by molar-refractivity contribution is 9.24. The van der Waals surface area contributed by atoms with Gasteiger partial charge in [-0.05, 0) is 4.57 Å². The van der Waals surface area contributed by atoms with Gasteiger partial charge in [-0.25, -0.2) is 0 Å². The monoisotopic (exact) mass is 263 g/mol. The Morgan fingerprint density at radius 3 is 2.25 bits per heavy atom. The van der Waals surface area contributed by atoms with Gasteiger partial charge in [0, 0.05) is 6.42 Å². The summed E-state index contributed by atoms with van der Waals surface area (Å²) in [6.07, 6.45) is 1.04. The molecule has 0 aromatic heterocycles. The molecule has 8 heavy (non-hydrogen) atoms. The first kappa shape index (κ1) is 9.02. The molecule has 0 aliphatic carbocycles. The maximum Gasteiger partial charge on any atom is 0.505 e. The lowest BCUT2D eigenvalue weighted by atomic mass is 10.6. The molecule has 0 aliphatic heterocycles. The Morgan fingerprint density at radius 1 is 1.62 bits per heavy atom. The molecule has 0 aromatic carbocycles. The average molecular weight is 265 g/mol. The zero-order chi connectivity index (χ0) is 6.57. The molecule has 0 radical (unpaired) electrons. The van der Waals surface area contributed by atoms with E-state index in [4.69, 9.17) is 4.89 Å². The molecule has 0 spiro atoms. The Morgan fingerprint density at radius 2 is 2.12 bits per heavy atom. The molecule has 0 bridgehead atoms. The Labute approximate surface area is 65.8 Å². The van der Waals surface area contributed by atoms with Crippen molar-refractivity contribution in [1.82, 2.24) is 0 Å². The summed E-state index contributed by atoms with van der Waals surface area (Å²) in [7, 11) is -1.94. The van der Waals surface area contributed by atoms with E-state index in [1.165, 1.54) is 0 Å². The lowest BCUT2D eigenvalue weighted by molar-refractivity contribution is 0.502. The summed E-state index contributed by atoms with van der Waals surface area (Å²) < 4.78 is 10.2. The number of rotatable bonds is 3. The van der Waals surface area contributed by atoms with Crippen molar-refractivity contribution < 1.29 is 9.46 Å². The van der Waals surface area contributed by atoms with E-state index in [0.717, 1.165) is 0 Å². The summed E-state index contributed by atoms with van der Waals surface area (Å²) in [6.45, 7) is 0. The van der Waals surface area contributed by atoms with E-state index in [0.29, 0.717) is 12.6 Å². The van der Waals surface area contributed by atoms with E-state index >= 15 is 0 Å². The quantitative estimate of drug-likeness (QED) is 0.627. The highest BCUT2D eigenvalue weighted by atomic mass is 79.9. The van der Waals surface area contributed by atoms with Gasteiger partial charge < -0.3 is 0 Å². The summed E-state index contributed by atoms with van der Waals surface area (Å²) in [5.41, 5.74) is 0. The van der Waals surface area contributed by atoms with Crippen LogP contribution in [0.1, 0.15) is 6.42 Å². The molecule has 1 atom stereocenters. The largest absolute Gasteiger partial charge is 0.505 e. The number of halogens is 2. The lowest BCUT2D eigenvalue weighted by Crippen LogP contribution is -1.86. The minimum Gasteiger partial charge on any atom is -0.161 e. The van der Waals surface area contributed by atoms with E-state index in [1.54, 1.807) is 0 Å². The van der Waals surface area contributed by atoms with Gasteiger partial charge >= 0.3 is 8.03 Å². The fraction of sp³-hybridized carbons (Fsp3) is 1.00. The van der Waals surface area contributed by atoms with Crippen molar-refractivity contribution in [3.8, 4) is 0 Å². The molecule has 0 aromatic rings. The minimum atomic E-state index is -1.94. The van der Waals surface area contributed by atoms with Crippen molar-refractivity contribution in [2.75, 3.05) is 6.16 Å². The van der Waals surface area contributed by atoms with E-state index in [-0.39, 0.29) is 3.74 Å². The molecule has 5 heteroatoms. The molecule has 48 valence electrons. The molecule has 0 saturated heterocycles. The highest BCUT2D eigenvalue weighted by Crippen LogP contribution is 2.20. The van der Waals surface area contributed by atoms with Crippen LogP contribution in [-0.2, 0) is 4.57 Å². The molecule has 2 nitrogen and oxygen atoms in total. The maximum absolute atomic E-state index is 10.0. The van der Waals surface area contributed by atoms with Crippen LogP contribution in [-0.4, -0.2) is 14.8 Å². The normalized spacial score (nSPS) is 12.2. The van der Waals surface area contributed by atoms with E-state index in [9.17, 15) is 4.57 Å². The summed E-state index contributed by atoms with van der Waals surface area (Å²) in [5.74, 6) is 0. The van der Waals surface area contributed by atoms with Gasteiger partial charge in [-0.2, -0.15) is 4.89 Å². The zero-order valence-electron chi connectivity index (χ0n) is 4.05. The third kappa shape index (κ3) is 7.02. The molecule has 0 fully saturated rings. The van der Waals surface area contributed by atoms with Crippen LogP contribution in [0.25, 0.3) is 0 Å². The second-order valence-corrected chi connectivity index (χ2v) is 5.85. The van der Waals surface area contributed by atoms with Crippen LogP contribution >= 0.6 is 39.9 Å². The third-order valence-electron chi connectivity index (χ3n) is 0.539. The zero-order valence-corrected chi connectivity index (χ0v) is 8.12. The molecule has 0 rings (SSSR count). The number of hydrogen-bond donors (Lipinski definition) is 1. The fourth-order valence-corrected chi connectivity index (χ4v) is 1.85. The molecule has 0 saturated carbocycles. The fourth-order valence-electron chi connectivity index (χ4n) is 0.208.